The van der Waals surface area contributed by atoms with Gasteiger partial charge in [-0.1, -0.05) is 20.8 Å². The molecule has 108 valence electrons. The van der Waals surface area contributed by atoms with Crippen LogP contribution in [0.25, 0.3) is 0 Å². The van der Waals surface area contributed by atoms with Crippen LogP contribution in [0.5, 0.6) is 0 Å². The summed E-state index contributed by atoms with van der Waals surface area (Å²) in [6.45, 7) is 12.4. The minimum atomic E-state index is -2.10. The Morgan fingerprint density at radius 1 is 1.42 bits per heavy atom. The molecule has 0 saturated heterocycles. The van der Waals surface area contributed by atoms with E-state index in [0.29, 0.717) is 6.42 Å². The molecule has 0 heterocycles. The van der Waals surface area contributed by atoms with Gasteiger partial charge in [0.2, 0.25) is 0 Å². The second kappa shape index (κ2) is 3.70. The van der Waals surface area contributed by atoms with Crippen LogP contribution in [0.4, 0.5) is 0 Å². The van der Waals surface area contributed by atoms with Crippen molar-refractivity contribution < 1.29 is 19.1 Å². The lowest BCUT2D eigenvalue weighted by Crippen LogP contribution is -2.53. The molecule has 0 spiro atoms. The van der Waals surface area contributed by atoms with Crippen molar-refractivity contribution in [1.82, 2.24) is 0 Å². The number of carbonyl (C=O) groups is 2. The molecule has 2 saturated carbocycles. The van der Waals surface area contributed by atoms with Crippen LogP contribution < -0.4 is 0 Å². The second-order valence-electron chi connectivity index (χ2n) is 7.77. The Balaban J connectivity index is 2.34. The highest BCUT2D eigenvalue weighted by atomic mass is 28.4. The summed E-state index contributed by atoms with van der Waals surface area (Å²) in [5.74, 6) is -1.13. The van der Waals surface area contributed by atoms with Crippen molar-refractivity contribution in [3.63, 3.8) is 0 Å². The van der Waals surface area contributed by atoms with Gasteiger partial charge in [0, 0.05) is 12.3 Å². The maximum absolute atomic E-state index is 11.9. The minimum Gasteiger partial charge on any atom is -0.481 e. The van der Waals surface area contributed by atoms with E-state index in [0.717, 1.165) is 0 Å². The Kier molecular flexibility index (Phi) is 2.86. The van der Waals surface area contributed by atoms with Crippen molar-refractivity contribution in [1.29, 1.82) is 0 Å². The van der Waals surface area contributed by atoms with Crippen LogP contribution >= 0.6 is 0 Å². The van der Waals surface area contributed by atoms with Crippen LogP contribution in [0.1, 0.15) is 40.5 Å². The highest BCUT2D eigenvalue weighted by Gasteiger charge is 2.78. The van der Waals surface area contributed by atoms with Gasteiger partial charge in [0.05, 0.1) is 5.60 Å². The fourth-order valence-electron chi connectivity index (χ4n) is 3.16. The maximum atomic E-state index is 11.9. The number of aliphatic carboxylic acids is 1. The molecule has 0 amide bonds. The van der Waals surface area contributed by atoms with Gasteiger partial charge in [-0.05, 0) is 31.5 Å². The highest BCUT2D eigenvalue weighted by molar-refractivity contribution is 6.74. The first-order valence-electron chi connectivity index (χ1n) is 6.84. The van der Waals surface area contributed by atoms with E-state index >= 15 is 0 Å². The second-order valence-corrected chi connectivity index (χ2v) is 12.5. The van der Waals surface area contributed by atoms with Crippen LogP contribution in [0.15, 0.2) is 0 Å². The summed E-state index contributed by atoms with van der Waals surface area (Å²) >= 11 is 0. The lowest BCUT2D eigenvalue weighted by Gasteiger charge is -2.45. The molecule has 2 fully saturated rings. The van der Waals surface area contributed by atoms with Gasteiger partial charge in [-0.2, -0.15) is 0 Å². The van der Waals surface area contributed by atoms with Crippen molar-refractivity contribution in [2.24, 2.45) is 11.3 Å². The van der Waals surface area contributed by atoms with Gasteiger partial charge in [0.25, 0.3) is 0 Å². The molecule has 19 heavy (non-hydrogen) atoms. The Labute approximate surface area is 115 Å². The van der Waals surface area contributed by atoms with Gasteiger partial charge in [-0.3, -0.25) is 9.59 Å². The topological polar surface area (TPSA) is 63.6 Å². The number of rotatable bonds is 3. The number of fused-ring (bicyclic) bond motifs is 1. The van der Waals surface area contributed by atoms with Gasteiger partial charge >= 0.3 is 5.97 Å². The molecule has 0 aromatic rings. The number of ketones is 1. The summed E-state index contributed by atoms with van der Waals surface area (Å²) in [4.78, 5) is 23.6. The number of carboxylic acids is 1. The molecule has 2 aliphatic carbocycles. The Morgan fingerprint density at radius 2 is 1.95 bits per heavy atom. The lowest BCUT2D eigenvalue weighted by atomic mass is 9.87. The van der Waals surface area contributed by atoms with Crippen LogP contribution in [0, 0.1) is 11.3 Å². The van der Waals surface area contributed by atoms with Gasteiger partial charge in [-0.25, -0.2) is 0 Å². The predicted molar refractivity (Wildman–Crippen MR) is 74.5 cm³/mol. The molecule has 3 atom stereocenters. The van der Waals surface area contributed by atoms with Crippen molar-refractivity contribution in [3.05, 3.63) is 0 Å². The number of carbonyl (C=O) groups excluding carboxylic acids is 1. The molecular formula is C14H24O4Si. The standard InChI is InChI=1S/C14H24O4Si/c1-12(2,3)19(5,6)18-13(4)8-10(15)9-7-14(9,13)11(16)17/h9H,7-8H2,1-6H3,(H,16,17)/t9-,13+,14+/m0/s1. The van der Waals surface area contributed by atoms with Crippen molar-refractivity contribution in [3.8, 4) is 0 Å². The van der Waals surface area contributed by atoms with E-state index in [1.807, 2.05) is 6.92 Å². The average molecular weight is 284 g/mol. The van der Waals surface area contributed by atoms with E-state index in [1.165, 1.54) is 0 Å². The summed E-state index contributed by atoms with van der Waals surface area (Å²) in [6.07, 6.45) is 0.697. The molecule has 0 aromatic heterocycles. The number of hydrogen-bond donors (Lipinski definition) is 1. The Bertz CT molecular complexity index is 451. The van der Waals surface area contributed by atoms with E-state index in [-0.39, 0.29) is 23.2 Å². The summed E-state index contributed by atoms with van der Waals surface area (Å²) < 4.78 is 6.38. The van der Waals surface area contributed by atoms with Crippen molar-refractivity contribution in [2.45, 2.75) is 64.3 Å². The third kappa shape index (κ3) is 1.81. The first-order valence-corrected chi connectivity index (χ1v) is 9.74. The largest absolute Gasteiger partial charge is 0.481 e. The molecule has 2 aliphatic rings. The average Bonchev–Trinajstić information content (AvgIpc) is 2.85. The van der Waals surface area contributed by atoms with E-state index in [1.54, 1.807) is 0 Å². The van der Waals surface area contributed by atoms with E-state index in [9.17, 15) is 14.7 Å². The third-order valence-corrected chi connectivity index (χ3v) is 10.0. The monoisotopic (exact) mass is 284 g/mol. The first kappa shape index (κ1) is 14.7. The smallest absolute Gasteiger partial charge is 0.313 e. The minimum absolute atomic E-state index is 0.00568. The molecular weight excluding hydrogens is 260 g/mol. The summed E-state index contributed by atoms with van der Waals surface area (Å²) in [7, 11) is -2.10. The SMILES string of the molecule is CC(C)(C)[Si](C)(C)O[C@]1(C)CC(=O)[C@@H]2C[C@]21C(=O)O. The van der Waals surface area contributed by atoms with Gasteiger partial charge in [0.15, 0.2) is 8.32 Å². The van der Waals surface area contributed by atoms with Crippen LogP contribution in [0.3, 0.4) is 0 Å². The van der Waals surface area contributed by atoms with Crippen LogP contribution in [0.2, 0.25) is 18.1 Å². The molecule has 2 rings (SSSR count). The summed E-state index contributed by atoms with van der Waals surface area (Å²) in [6, 6.07) is 0. The fraction of sp³-hybridized carbons (Fsp3) is 0.857. The van der Waals surface area contributed by atoms with Gasteiger partial charge in [-0.15, -0.1) is 0 Å². The quantitative estimate of drug-likeness (QED) is 0.809. The summed E-state index contributed by atoms with van der Waals surface area (Å²) in [5.41, 5.74) is -1.79. The summed E-state index contributed by atoms with van der Waals surface area (Å²) in [5, 5.41) is 9.56. The molecule has 5 heteroatoms. The zero-order chi connectivity index (χ0) is 14.9. The Hall–Kier alpha value is -0.683. The number of carboxylic acid groups (broad SMARTS) is 1. The molecule has 1 N–H and O–H groups in total. The van der Waals surface area contributed by atoms with Gasteiger partial charge in [0.1, 0.15) is 11.2 Å². The van der Waals surface area contributed by atoms with Crippen LogP contribution in [-0.4, -0.2) is 30.8 Å². The zero-order valence-corrected chi connectivity index (χ0v) is 13.7. The molecule has 0 aliphatic heterocycles. The number of Topliss-reactive ketones (excluding diaryl/α,β-unsaturated/α-hetero) is 1. The molecule has 0 bridgehead atoms. The van der Waals surface area contributed by atoms with Crippen molar-refractivity contribution in [2.75, 3.05) is 0 Å². The highest BCUT2D eigenvalue weighted by Crippen LogP contribution is 2.68. The predicted octanol–water partition coefficient (Wildman–Crippen LogP) is 2.83. The van der Waals surface area contributed by atoms with Gasteiger partial charge < -0.3 is 9.53 Å². The van der Waals surface area contributed by atoms with E-state index in [4.69, 9.17) is 4.43 Å². The maximum Gasteiger partial charge on any atom is 0.313 e. The molecule has 0 unspecified atom stereocenters. The normalized spacial score (nSPS) is 38.2. The fourth-order valence-corrected chi connectivity index (χ4v) is 4.84. The van der Waals surface area contributed by atoms with E-state index in [2.05, 4.69) is 33.9 Å². The van der Waals surface area contributed by atoms with Crippen molar-refractivity contribution >= 4 is 20.1 Å². The molecule has 4 nitrogen and oxygen atoms in total. The molecule has 0 aromatic carbocycles. The number of hydrogen-bond acceptors (Lipinski definition) is 3. The zero-order valence-electron chi connectivity index (χ0n) is 12.7. The third-order valence-electron chi connectivity index (χ3n) is 5.47. The first-order chi connectivity index (χ1) is 8.37. The lowest BCUT2D eigenvalue weighted by molar-refractivity contribution is -0.152. The molecule has 0 radical (unpaired) electrons. The van der Waals surface area contributed by atoms with Crippen LogP contribution in [-0.2, 0) is 14.0 Å². The van der Waals surface area contributed by atoms with E-state index < -0.39 is 25.3 Å². The Morgan fingerprint density at radius 3 is 2.32 bits per heavy atom.